The zero-order valence-electron chi connectivity index (χ0n) is 7.83. The molecule has 5 heteroatoms. The van der Waals surface area contributed by atoms with Crippen molar-refractivity contribution in [3.63, 3.8) is 0 Å². The van der Waals surface area contributed by atoms with E-state index in [-0.39, 0.29) is 17.3 Å². The smallest absolute Gasteiger partial charge is 0.165 e. The summed E-state index contributed by atoms with van der Waals surface area (Å²) >= 11 is 8.44. The van der Waals surface area contributed by atoms with Crippen molar-refractivity contribution in [2.24, 2.45) is 17.3 Å². The van der Waals surface area contributed by atoms with E-state index in [9.17, 15) is 13.2 Å². The molecule has 0 aromatic rings. The molecule has 14 heavy (non-hydrogen) atoms. The molecule has 0 saturated heterocycles. The Morgan fingerprint density at radius 2 is 2.00 bits per heavy atom. The summed E-state index contributed by atoms with van der Waals surface area (Å²) in [5, 5.41) is -0.289. The van der Waals surface area contributed by atoms with Crippen molar-refractivity contribution >= 4 is 27.5 Å². The highest BCUT2D eigenvalue weighted by Gasteiger charge is 2.56. The van der Waals surface area contributed by atoms with Crippen LogP contribution in [0.1, 0.15) is 13.8 Å². The van der Waals surface area contributed by atoms with Crippen LogP contribution in [0.25, 0.3) is 0 Å². The van der Waals surface area contributed by atoms with Gasteiger partial charge in [0.2, 0.25) is 0 Å². The maximum absolute atomic E-state index is 12.1. The number of alkyl halides is 4. The zero-order valence-corrected chi connectivity index (χ0v) is 10.2. The molecule has 1 aliphatic rings. The molecule has 0 amide bonds. The Kier molecular flexibility index (Phi) is 3.27. The van der Waals surface area contributed by atoms with Crippen molar-refractivity contribution in [1.82, 2.24) is 0 Å². The maximum Gasteiger partial charge on any atom is 0.426 e. The van der Waals surface area contributed by atoms with Gasteiger partial charge in [-0.05, 0) is 17.3 Å². The van der Waals surface area contributed by atoms with Gasteiger partial charge < -0.3 is 0 Å². The van der Waals surface area contributed by atoms with Crippen LogP contribution in [0, 0.1) is 17.3 Å². The van der Waals surface area contributed by atoms with E-state index in [0.717, 1.165) is 6.08 Å². The van der Waals surface area contributed by atoms with Crippen LogP contribution >= 0.6 is 27.5 Å². The zero-order chi connectivity index (χ0) is 11.1. The molecule has 1 rings (SSSR count). The summed E-state index contributed by atoms with van der Waals surface area (Å²) < 4.78 is 36.3. The molecule has 2 atom stereocenters. The van der Waals surface area contributed by atoms with E-state index in [0.29, 0.717) is 5.33 Å². The molecule has 0 spiro atoms. The van der Waals surface area contributed by atoms with Gasteiger partial charge in [-0.15, -0.1) is 0 Å². The van der Waals surface area contributed by atoms with Crippen LogP contribution in [0.4, 0.5) is 13.2 Å². The quantitative estimate of drug-likeness (QED) is 0.664. The van der Waals surface area contributed by atoms with E-state index in [1.54, 1.807) is 0 Å². The number of rotatable bonds is 2. The Balaban J connectivity index is 2.72. The van der Waals surface area contributed by atoms with E-state index in [1.165, 1.54) is 0 Å². The van der Waals surface area contributed by atoms with Crippen LogP contribution in [-0.4, -0.2) is 11.5 Å². The predicted octanol–water partition coefficient (Wildman–Crippen LogP) is 4.34. The maximum atomic E-state index is 12.1. The third kappa shape index (κ3) is 2.27. The van der Waals surface area contributed by atoms with Gasteiger partial charge in [0.25, 0.3) is 0 Å². The first-order valence-corrected chi connectivity index (χ1v) is 5.71. The Hall–Kier alpha value is 0.300. The lowest BCUT2D eigenvalue weighted by atomic mass is 10.1. The largest absolute Gasteiger partial charge is 0.426 e. The van der Waals surface area contributed by atoms with Crippen molar-refractivity contribution in [3.8, 4) is 0 Å². The van der Waals surface area contributed by atoms with Gasteiger partial charge in [0.15, 0.2) is 0 Å². The minimum Gasteiger partial charge on any atom is -0.165 e. The first kappa shape index (κ1) is 12.4. The molecule has 1 aliphatic carbocycles. The van der Waals surface area contributed by atoms with Gasteiger partial charge in [-0.25, -0.2) is 0 Å². The van der Waals surface area contributed by atoms with Crippen LogP contribution in [-0.2, 0) is 0 Å². The van der Waals surface area contributed by atoms with Crippen molar-refractivity contribution in [2.45, 2.75) is 20.0 Å². The molecule has 1 fully saturated rings. The lowest BCUT2D eigenvalue weighted by molar-refractivity contribution is -0.0848. The molecular formula is C9H11BrClF3. The SMILES string of the molecule is CC1(C)[C@H](/C=C(\Cl)C(F)(F)F)[C@@H]1CBr. The van der Waals surface area contributed by atoms with Gasteiger partial charge in [0, 0.05) is 5.33 Å². The normalized spacial score (nSPS) is 31.8. The van der Waals surface area contributed by atoms with Crippen LogP contribution in [0.5, 0.6) is 0 Å². The van der Waals surface area contributed by atoms with Gasteiger partial charge in [-0.2, -0.15) is 13.2 Å². The van der Waals surface area contributed by atoms with Gasteiger partial charge in [-0.3, -0.25) is 0 Å². The second-order valence-corrected chi connectivity index (χ2v) is 5.17. The van der Waals surface area contributed by atoms with Gasteiger partial charge in [0.1, 0.15) is 5.03 Å². The highest BCUT2D eigenvalue weighted by atomic mass is 79.9. The predicted molar refractivity (Wildman–Crippen MR) is 54.5 cm³/mol. The van der Waals surface area contributed by atoms with Crippen LogP contribution in [0.3, 0.4) is 0 Å². The monoisotopic (exact) mass is 290 g/mol. The van der Waals surface area contributed by atoms with Crippen LogP contribution < -0.4 is 0 Å². The average Bonchev–Trinajstić information content (AvgIpc) is 2.51. The summed E-state index contributed by atoms with van der Waals surface area (Å²) in [7, 11) is 0. The molecule has 0 bridgehead atoms. The second kappa shape index (κ2) is 3.71. The van der Waals surface area contributed by atoms with Gasteiger partial charge >= 0.3 is 6.18 Å². The summed E-state index contributed by atoms with van der Waals surface area (Å²) in [4.78, 5) is 0. The second-order valence-electron chi connectivity index (χ2n) is 4.12. The van der Waals surface area contributed by atoms with Crippen LogP contribution in [0.2, 0.25) is 0 Å². The Bertz CT molecular complexity index is 257. The van der Waals surface area contributed by atoms with E-state index >= 15 is 0 Å². The van der Waals surface area contributed by atoms with E-state index < -0.39 is 11.2 Å². The minimum absolute atomic E-state index is 0.0731. The van der Waals surface area contributed by atoms with Crippen molar-refractivity contribution in [2.75, 3.05) is 5.33 Å². The molecule has 0 nitrogen and oxygen atoms in total. The molecule has 0 aromatic heterocycles. The van der Waals surface area contributed by atoms with E-state index in [2.05, 4.69) is 15.9 Å². The molecule has 0 radical (unpaired) electrons. The number of allylic oxidation sites excluding steroid dienone is 2. The molecular weight excluding hydrogens is 280 g/mol. The summed E-state index contributed by atoms with van der Waals surface area (Å²) in [6, 6.07) is 0. The fraction of sp³-hybridized carbons (Fsp3) is 0.778. The fourth-order valence-corrected chi connectivity index (χ4v) is 3.04. The highest BCUT2D eigenvalue weighted by molar-refractivity contribution is 9.09. The number of halogens is 5. The van der Waals surface area contributed by atoms with E-state index in [4.69, 9.17) is 11.6 Å². The molecule has 0 aliphatic heterocycles. The molecule has 0 unspecified atom stereocenters. The Labute approximate surface area is 94.6 Å². The van der Waals surface area contributed by atoms with Crippen LogP contribution in [0.15, 0.2) is 11.1 Å². The first-order valence-electron chi connectivity index (χ1n) is 4.21. The number of hydrogen-bond donors (Lipinski definition) is 0. The minimum atomic E-state index is -4.41. The van der Waals surface area contributed by atoms with E-state index in [1.807, 2.05) is 13.8 Å². The van der Waals surface area contributed by atoms with Crippen molar-refractivity contribution in [3.05, 3.63) is 11.1 Å². The van der Waals surface area contributed by atoms with Gasteiger partial charge in [0.05, 0.1) is 0 Å². The fourth-order valence-electron chi connectivity index (χ4n) is 1.66. The summed E-state index contributed by atoms with van der Waals surface area (Å²) in [6.45, 7) is 3.89. The Morgan fingerprint density at radius 3 is 2.29 bits per heavy atom. The average molecular weight is 292 g/mol. The van der Waals surface area contributed by atoms with Crippen molar-refractivity contribution in [1.29, 1.82) is 0 Å². The van der Waals surface area contributed by atoms with Crippen molar-refractivity contribution < 1.29 is 13.2 Å². The first-order chi connectivity index (χ1) is 6.21. The van der Waals surface area contributed by atoms with Gasteiger partial charge in [-0.1, -0.05) is 47.5 Å². The standard InChI is InChI=1S/C9H11BrClF3/c1-8(2)5(6(8)4-10)3-7(11)9(12,13)14/h3,5-6H,4H2,1-2H3/b7-3-/t5-,6+/m1/s1. The highest BCUT2D eigenvalue weighted by Crippen LogP contribution is 2.60. The molecule has 1 saturated carbocycles. The Morgan fingerprint density at radius 1 is 1.50 bits per heavy atom. The third-order valence-corrected chi connectivity index (χ3v) is 3.94. The molecule has 0 N–H and O–H groups in total. The topological polar surface area (TPSA) is 0 Å². The summed E-state index contributed by atoms with van der Waals surface area (Å²) in [6.07, 6.45) is -3.27. The summed E-state index contributed by atoms with van der Waals surface area (Å²) in [5.41, 5.74) is -0.0745. The lowest BCUT2D eigenvalue weighted by Crippen LogP contribution is -2.07. The third-order valence-electron chi connectivity index (χ3n) is 2.90. The molecule has 82 valence electrons. The number of hydrogen-bond acceptors (Lipinski definition) is 0. The molecule has 0 heterocycles. The molecule has 0 aromatic carbocycles. The lowest BCUT2D eigenvalue weighted by Gasteiger charge is -2.04. The summed E-state index contributed by atoms with van der Waals surface area (Å²) in [5.74, 6) is 0.176.